The van der Waals surface area contributed by atoms with Gasteiger partial charge in [0.05, 0.1) is 18.1 Å². The summed E-state index contributed by atoms with van der Waals surface area (Å²) in [5.41, 5.74) is 0. The molecule has 2 aliphatic rings. The molecule has 2 aliphatic heterocycles. The molecule has 0 aromatic rings. The SMILES string of the molecule is CCC(CC)C1CN=C(NC2CCCS(=O)(=O)C2)S1. The highest BCUT2D eigenvalue weighted by molar-refractivity contribution is 8.14. The maximum absolute atomic E-state index is 11.6. The van der Waals surface area contributed by atoms with Gasteiger partial charge in [-0.1, -0.05) is 38.5 Å². The Kier molecular flexibility index (Phi) is 5.17. The Labute approximate surface area is 120 Å². The molecule has 19 heavy (non-hydrogen) atoms. The van der Waals surface area contributed by atoms with Crippen LogP contribution >= 0.6 is 11.8 Å². The van der Waals surface area contributed by atoms with Crippen molar-refractivity contribution in [2.75, 3.05) is 18.1 Å². The van der Waals surface area contributed by atoms with Crippen molar-refractivity contribution in [1.82, 2.24) is 5.32 Å². The van der Waals surface area contributed by atoms with Crippen molar-refractivity contribution in [1.29, 1.82) is 0 Å². The average molecular weight is 304 g/mol. The van der Waals surface area contributed by atoms with Crippen LogP contribution in [0.5, 0.6) is 0 Å². The molecule has 2 heterocycles. The van der Waals surface area contributed by atoms with Crippen LogP contribution in [0.1, 0.15) is 39.5 Å². The molecule has 1 N–H and O–H groups in total. The Morgan fingerprint density at radius 1 is 1.42 bits per heavy atom. The largest absolute Gasteiger partial charge is 0.361 e. The van der Waals surface area contributed by atoms with Crippen molar-refractivity contribution >= 4 is 26.8 Å². The van der Waals surface area contributed by atoms with Gasteiger partial charge in [0.15, 0.2) is 15.0 Å². The Morgan fingerprint density at radius 3 is 2.79 bits per heavy atom. The van der Waals surface area contributed by atoms with Gasteiger partial charge in [0, 0.05) is 11.3 Å². The number of amidine groups is 1. The number of nitrogens with zero attached hydrogens (tertiary/aromatic N) is 1. The fourth-order valence-corrected chi connectivity index (χ4v) is 5.87. The molecule has 0 spiro atoms. The summed E-state index contributed by atoms with van der Waals surface area (Å²) < 4.78 is 23.2. The van der Waals surface area contributed by atoms with Crippen LogP contribution in [0.3, 0.4) is 0 Å². The first-order valence-corrected chi connectivity index (χ1v) is 9.92. The van der Waals surface area contributed by atoms with Crippen molar-refractivity contribution in [2.45, 2.75) is 50.8 Å². The summed E-state index contributed by atoms with van der Waals surface area (Å²) in [6.45, 7) is 5.33. The minimum absolute atomic E-state index is 0.0606. The monoisotopic (exact) mass is 304 g/mol. The summed E-state index contributed by atoms with van der Waals surface area (Å²) >= 11 is 1.81. The lowest BCUT2D eigenvalue weighted by molar-refractivity contribution is 0.479. The summed E-state index contributed by atoms with van der Waals surface area (Å²) in [5.74, 6) is 1.33. The van der Waals surface area contributed by atoms with Crippen LogP contribution in [-0.4, -0.2) is 42.9 Å². The van der Waals surface area contributed by atoms with Crippen LogP contribution in [0, 0.1) is 5.92 Å². The molecular weight excluding hydrogens is 280 g/mol. The number of aliphatic imine (C=N–C) groups is 1. The van der Waals surface area contributed by atoms with Crippen LogP contribution in [0.25, 0.3) is 0 Å². The second-order valence-electron chi connectivity index (χ2n) is 5.48. The lowest BCUT2D eigenvalue weighted by Crippen LogP contribution is -2.42. The van der Waals surface area contributed by atoms with E-state index in [2.05, 4.69) is 24.2 Å². The van der Waals surface area contributed by atoms with E-state index < -0.39 is 9.84 Å². The zero-order valence-electron chi connectivity index (χ0n) is 11.8. The lowest BCUT2D eigenvalue weighted by Gasteiger charge is -2.24. The van der Waals surface area contributed by atoms with E-state index in [1.54, 1.807) is 11.8 Å². The highest BCUT2D eigenvalue weighted by atomic mass is 32.2. The van der Waals surface area contributed by atoms with Gasteiger partial charge in [-0.25, -0.2) is 8.42 Å². The predicted octanol–water partition coefficient (Wildman–Crippen LogP) is 2.06. The lowest BCUT2D eigenvalue weighted by atomic mass is 9.99. The highest BCUT2D eigenvalue weighted by Gasteiger charge is 2.29. The zero-order chi connectivity index (χ0) is 13.9. The van der Waals surface area contributed by atoms with E-state index >= 15 is 0 Å². The summed E-state index contributed by atoms with van der Waals surface area (Å²) in [6.07, 6.45) is 4.09. The van der Waals surface area contributed by atoms with Gasteiger partial charge in [0.2, 0.25) is 0 Å². The van der Waals surface area contributed by atoms with E-state index in [0.717, 1.165) is 24.6 Å². The van der Waals surface area contributed by atoms with Crippen LogP contribution in [-0.2, 0) is 9.84 Å². The third kappa shape index (κ3) is 4.12. The van der Waals surface area contributed by atoms with Crippen molar-refractivity contribution < 1.29 is 8.42 Å². The Bertz CT molecular complexity index is 430. The first kappa shape index (κ1) is 15.2. The van der Waals surface area contributed by atoms with Crippen LogP contribution in [0.15, 0.2) is 4.99 Å². The number of rotatable bonds is 4. The summed E-state index contributed by atoms with van der Waals surface area (Å²) in [7, 11) is -2.84. The smallest absolute Gasteiger partial charge is 0.157 e. The topological polar surface area (TPSA) is 58.5 Å². The van der Waals surface area contributed by atoms with E-state index in [0.29, 0.717) is 16.9 Å². The zero-order valence-corrected chi connectivity index (χ0v) is 13.4. The molecule has 0 aromatic heterocycles. The normalized spacial score (nSPS) is 30.4. The van der Waals surface area contributed by atoms with Gasteiger partial charge in [0.25, 0.3) is 0 Å². The predicted molar refractivity (Wildman–Crippen MR) is 82.6 cm³/mol. The summed E-state index contributed by atoms with van der Waals surface area (Å²) in [5, 5.41) is 4.86. The molecule has 0 saturated carbocycles. The first-order chi connectivity index (χ1) is 9.04. The van der Waals surface area contributed by atoms with Gasteiger partial charge >= 0.3 is 0 Å². The van der Waals surface area contributed by atoms with Crippen LogP contribution < -0.4 is 5.32 Å². The quantitative estimate of drug-likeness (QED) is 0.864. The van der Waals surface area contributed by atoms with E-state index in [1.165, 1.54) is 12.8 Å². The molecule has 2 rings (SSSR count). The van der Waals surface area contributed by atoms with Crippen molar-refractivity contribution in [3.63, 3.8) is 0 Å². The fraction of sp³-hybridized carbons (Fsp3) is 0.923. The summed E-state index contributed by atoms with van der Waals surface area (Å²) in [6, 6.07) is 0.0606. The van der Waals surface area contributed by atoms with Crippen molar-refractivity contribution in [2.24, 2.45) is 10.9 Å². The maximum atomic E-state index is 11.6. The minimum Gasteiger partial charge on any atom is -0.361 e. The first-order valence-electron chi connectivity index (χ1n) is 7.22. The molecule has 6 heteroatoms. The maximum Gasteiger partial charge on any atom is 0.157 e. The van der Waals surface area contributed by atoms with Crippen molar-refractivity contribution in [3.05, 3.63) is 0 Å². The molecule has 110 valence electrons. The molecule has 4 nitrogen and oxygen atoms in total. The molecule has 1 fully saturated rings. The minimum atomic E-state index is -2.84. The highest BCUT2D eigenvalue weighted by Crippen LogP contribution is 2.30. The van der Waals surface area contributed by atoms with Gasteiger partial charge in [-0.05, 0) is 18.8 Å². The average Bonchev–Trinajstić information content (AvgIpc) is 2.78. The molecule has 0 aromatic carbocycles. The van der Waals surface area contributed by atoms with Gasteiger partial charge < -0.3 is 5.32 Å². The molecule has 0 radical (unpaired) electrons. The van der Waals surface area contributed by atoms with E-state index in [4.69, 9.17) is 0 Å². The van der Waals surface area contributed by atoms with E-state index in [1.807, 2.05) is 0 Å². The Balaban J connectivity index is 1.85. The number of sulfone groups is 1. The Morgan fingerprint density at radius 2 is 2.16 bits per heavy atom. The molecule has 2 atom stereocenters. The molecule has 0 amide bonds. The van der Waals surface area contributed by atoms with E-state index in [-0.39, 0.29) is 11.8 Å². The van der Waals surface area contributed by atoms with Gasteiger partial charge in [0.1, 0.15) is 0 Å². The molecule has 1 saturated heterocycles. The fourth-order valence-electron chi connectivity index (χ4n) is 2.84. The standard InChI is InChI=1S/C13H24N2O2S2/c1-3-10(4-2)12-8-14-13(18-12)15-11-6-5-7-19(16,17)9-11/h10-12H,3-9H2,1-2H3,(H,14,15). The van der Waals surface area contributed by atoms with Crippen LogP contribution in [0.2, 0.25) is 0 Å². The molecule has 0 aliphatic carbocycles. The summed E-state index contributed by atoms with van der Waals surface area (Å²) in [4.78, 5) is 4.55. The second-order valence-corrected chi connectivity index (χ2v) is 8.93. The van der Waals surface area contributed by atoms with Crippen molar-refractivity contribution in [3.8, 4) is 0 Å². The number of hydrogen-bond acceptors (Lipinski definition) is 5. The third-order valence-corrected chi connectivity index (χ3v) is 7.17. The molecule has 0 bridgehead atoms. The van der Waals surface area contributed by atoms with Gasteiger partial charge in [-0.15, -0.1) is 0 Å². The third-order valence-electron chi connectivity index (χ3n) is 4.04. The van der Waals surface area contributed by atoms with Gasteiger partial charge in [-0.3, -0.25) is 4.99 Å². The molecule has 2 unspecified atom stereocenters. The van der Waals surface area contributed by atoms with E-state index in [9.17, 15) is 8.42 Å². The number of nitrogens with one attached hydrogen (secondary N) is 1. The number of hydrogen-bond donors (Lipinski definition) is 1. The van der Waals surface area contributed by atoms with Crippen LogP contribution in [0.4, 0.5) is 0 Å². The Hall–Kier alpha value is -0.230. The molecular formula is C13H24N2O2S2. The second kappa shape index (κ2) is 6.48. The van der Waals surface area contributed by atoms with Gasteiger partial charge in [-0.2, -0.15) is 0 Å². The number of thioether (sulfide) groups is 1.